The van der Waals surface area contributed by atoms with Gasteiger partial charge in [0.25, 0.3) is 0 Å². The molecule has 8 heteroatoms. The van der Waals surface area contributed by atoms with Gasteiger partial charge in [0.1, 0.15) is 6.04 Å². The Labute approximate surface area is 203 Å². The standard InChI is InChI=1S/C26H30N2O5S/c29-15-8-14-28-22-24(31)27(17-18-9-3-1-4-10-18)13-7-12-26(22)21(23(28)30)20-19(34-26)11-5-2-6-16-33-25(20)32/h1,3-5,7,9-12,19-22,29H,2,6,8,13-17H2/b11-5-/t19-,20+,21-,22?,26-/m0/s1. The zero-order valence-electron chi connectivity index (χ0n) is 19.0. The number of thioether (sulfide) groups is 1. The highest BCUT2D eigenvalue weighted by Gasteiger charge is 2.70. The van der Waals surface area contributed by atoms with Crippen LogP contribution in [0.1, 0.15) is 24.8 Å². The van der Waals surface area contributed by atoms with Crippen molar-refractivity contribution in [2.24, 2.45) is 11.8 Å². The minimum Gasteiger partial charge on any atom is -0.465 e. The second-order valence-corrected chi connectivity index (χ2v) is 10.8. The first-order valence-electron chi connectivity index (χ1n) is 12.0. The Morgan fingerprint density at radius 3 is 2.74 bits per heavy atom. The van der Waals surface area contributed by atoms with Gasteiger partial charge in [-0.3, -0.25) is 14.4 Å². The second-order valence-electron chi connectivity index (χ2n) is 9.30. The van der Waals surface area contributed by atoms with Gasteiger partial charge in [-0.05, 0) is 24.8 Å². The molecule has 0 radical (unpaired) electrons. The predicted octanol–water partition coefficient (Wildman–Crippen LogP) is 2.16. The molecule has 0 saturated carbocycles. The second kappa shape index (κ2) is 9.58. The minimum absolute atomic E-state index is 0.0735. The smallest absolute Gasteiger partial charge is 0.311 e. The molecule has 7 nitrogen and oxygen atoms in total. The van der Waals surface area contributed by atoms with E-state index in [2.05, 4.69) is 6.08 Å². The lowest BCUT2D eigenvalue weighted by molar-refractivity contribution is -0.153. The number of aliphatic hydroxyl groups excluding tert-OH is 1. The van der Waals surface area contributed by atoms with Gasteiger partial charge in [0, 0.05) is 31.5 Å². The first-order chi connectivity index (χ1) is 16.6. The molecule has 5 atom stereocenters. The molecule has 2 amide bonds. The zero-order valence-corrected chi connectivity index (χ0v) is 19.9. The average Bonchev–Trinajstić information content (AvgIpc) is 3.25. The van der Waals surface area contributed by atoms with Gasteiger partial charge in [0.2, 0.25) is 11.8 Å². The van der Waals surface area contributed by atoms with Crippen LogP contribution in [0.2, 0.25) is 0 Å². The molecule has 1 aromatic carbocycles. The SMILES string of the molecule is O=C1OCCC/C=C\[C@@H]2S[C@]34C=CCN(Cc5ccccc5)C(=O)C3N(CCCO)C(=O)[C@@H]4[C@H]12. The maximum absolute atomic E-state index is 14.0. The number of fused-ring (bicyclic) bond motifs is 2. The average molecular weight is 483 g/mol. The molecule has 2 saturated heterocycles. The van der Waals surface area contributed by atoms with Gasteiger partial charge in [-0.2, -0.15) is 0 Å². The highest BCUT2D eigenvalue weighted by Crippen LogP contribution is 2.60. The number of hydrogen-bond donors (Lipinski definition) is 1. The maximum Gasteiger partial charge on any atom is 0.311 e. The lowest BCUT2D eigenvalue weighted by atomic mass is 9.78. The van der Waals surface area contributed by atoms with Crippen LogP contribution in [-0.4, -0.2) is 75.0 Å². The molecule has 4 aliphatic heterocycles. The monoisotopic (exact) mass is 482 g/mol. The highest BCUT2D eigenvalue weighted by molar-refractivity contribution is 8.02. The number of benzene rings is 1. The van der Waals surface area contributed by atoms with E-state index in [0.29, 0.717) is 26.1 Å². The molecule has 0 bridgehead atoms. The molecule has 1 unspecified atom stereocenters. The molecule has 1 aromatic rings. The number of nitrogens with zero attached hydrogens (tertiary/aromatic N) is 2. The lowest BCUT2D eigenvalue weighted by Crippen LogP contribution is -2.53. The van der Waals surface area contributed by atoms with Crippen LogP contribution in [0.25, 0.3) is 0 Å². The summed E-state index contributed by atoms with van der Waals surface area (Å²) in [5, 5.41) is 9.25. The van der Waals surface area contributed by atoms with E-state index < -0.39 is 22.6 Å². The number of aliphatic hydroxyl groups is 1. The van der Waals surface area contributed by atoms with Crippen molar-refractivity contribution >= 4 is 29.5 Å². The fourth-order valence-corrected chi connectivity index (χ4v) is 7.73. The van der Waals surface area contributed by atoms with Crippen molar-refractivity contribution in [3.8, 4) is 0 Å². The summed E-state index contributed by atoms with van der Waals surface area (Å²) in [5.74, 6) is -1.96. The molecule has 180 valence electrons. The summed E-state index contributed by atoms with van der Waals surface area (Å²) < 4.78 is 4.72. The van der Waals surface area contributed by atoms with Crippen LogP contribution in [-0.2, 0) is 25.7 Å². The van der Waals surface area contributed by atoms with E-state index in [0.717, 1.165) is 18.4 Å². The van der Waals surface area contributed by atoms with Crippen molar-refractivity contribution in [3.63, 3.8) is 0 Å². The number of carbonyl (C=O) groups is 3. The number of allylic oxidation sites excluding steroid dienone is 1. The Balaban J connectivity index is 1.55. The number of ether oxygens (including phenoxy) is 1. The Hall–Kier alpha value is -2.58. The van der Waals surface area contributed by atoms with Crippen LogP contribution >= 0.6 is 11.8 Å². The largest absolute Gasteiger partial charge is 0.465 e. The number of likely N-dealkylation sites (tertiary alicyclic amines) is 1. The Morgan fingerprint density at radius 1 is 1.12 bits per heavy atom. The van der Waals surface area contributed by atoms with Crippen LogP contribution in [0.3, 0.4) is 0 Å². The van der Waals surface area contributed by atoms with Gasteiger partial charge in [0.15, 0.2) is 0 Å². The quantitative estimate of drug-likeness (QED) is 0.511. The molecule has 4 heterocycles. The number of rotatable bonds is 5. The normalized spacial score (nSPS) is 33.9. The summed E-state index contributed by atoms with van der Waals surface area (Å²) in [6, 6.07) is 9.08. The fraction of sp³-hybridized carbons (Fsp3) is 0.500. The maximum atomic E-state index is 14.0. The van der Waals surface area contributed by atoms with Crippen molar-refractivity contribution < 1.29 is 24.2 Å². The van der Waals surface area contributed by atoms with Gasteiger partial charge in [-0.15, -0.1) is 11.8 Å². The van der Waals surface area contributed by atoms with Crippen LogP contribution in [0.5, 0.6) is 0 Å². The van der Waals surface area contributed by atoms with Crippen LogP contribution in [0, 0.1) is 11.8 Å². The van der Waals surface area contributed by atoms with Gasteiger partial charge >= 0.3 is 5.97 Å². The predicted molar refractivity (Wildman–Crippen MR) is 129 cm³/mol. The van der Waals surface area contributed by atoms with E-state index in [1.165, 1.54) is 0 Å². The van der Waals surface area contributed by atoms with E-state index in [9.17, 15) is 19.5 Å². The third-order valence-electron chi connectivity index (χ3n) is 7.21. The molecule has 1 N–H and O–H groups in total. The summed E-state index contributed by atoms with van der Waals surface area (Å²) in [4.78, 5) is 44.5. The number of cyclic esters (lactones) is 1. The fourth-order valence-electron chi connectivity index (χ4n) is 5.73. The third-order valence-corrected chi connectivity index (χ3v) is 8.95. The molecule has 1 spiro atoms. The molecule has 4 aliphatic rings. The van der Waals surface area contributed by atoms with E-state index in [4.69, 9.17) is 4.74 Å². The molecule has 0 aliphatic carbocycles. The Kier molecular flexibility index (Phi) is 6.53. The summed E-state index contributed by atoms with van der Waals surface area (Å²) in [6.45, 7) is 1.43. The summed E-state index contributed by atoms with van der Waals surface area (Å²) >= 11 is 1.55. The highest BCUT2D eigenvalue weighted by atomic mass is 32.2. The van der Waals surface area contributed by atoms with Crippen LogP contribution in [0.4, 0.5) is 0 Å². The molecule has 5 rings (SSSR count). The van der Waals surface area contributed by atoms with Crippen molar-refractivity contribution in [2.45, 2.75) is 41.8 Å². The Morgan fingerprint density at radius 2 is 1.94 bits per heavy atom. The van der Waals surface area contributed by atoms with Crippen LogP contribution in [0.15, 0.2) is 54.6 Å². The number of esters is 1. The molecular weight excluding hydrogens is 452 g/mol. The van der Waals surface area contributed by atoms with E-state index in [1.807, 2.05) is 48.6 Å². The minimum atomic E-state index is -0.840. The van der Waals surface area contributed by atoms with E-state index in [-0.39, 0.29) is 36.2 Å². The van der Waals surface area contributed by atoms with Crippen molar-refractivity contribution in [1.82, 2.24) is 9.80 Å². The first kappa shape index (κ1) is 23.2. The number of carbonyl (C=O) groups excluding carboxylic acids is 3. The van der Waals surface area contributed by atoms with E-state index in [1.54, 1.807) is 21.6 Å². The lowest BCUT2D eigenvalue weighted by Gasteiger charge is -2.35. The van der Waals surface area contributed by atoms with E-state index >= 15 is 0 Å². The van der Waals surface area contributed by atoms with Crippen molar-refractivity contribution in [3.05, 3.63) is 60.2 Å². The summed E-state index contributed by atoms with van der Waals surface area (Å²) in [6.07, 6.45) is 10.0. The van der Waals surface area contributed by atoms with Gasteiger partial charge in [0.05, 0.1) is 23.2 Å². The topological polar surface area (TPSA) is 87.2 Å². The zero-order chi connectivity index (χ0) is 23.7. The van der Waals surface area contributed by atoms with Crippen molar-refractivity contribution in [2.75, 3.05) is 26.3 Å². The van der Waals surface area contributed by atoms with Crippen LogP contribution < -0.4 is 0 Å². The van der Waals surface area contributed by atoms with Crippen molar-refractivity contribution in [1.29, 1.82) is 0 Å². The summed E-state index contributed by atoms with van der Waals surface area (Å²) in [5.41, 5.74) is 1.02. The molecule has 34 heavy (non-hydrogen) atoms. The van der Waals surface area contributed by atoms with Gasteiger partial charge in [-0.25, -0.2) is 0 Å². The molecule has 2 fully saturated rings. The first-order valence-corrected chi connectivity index (χ1v) is 12.9. The molecule has 0 aromatic heterocycles. The number of hydrogen-bond acceptors (Lipinski definition) is 6. The Bertz CT molecular complexity index is 1010. The van der Waals surface area contributed by atoms with Gasteiger partial charge < -0.3 is 19.6 Å². The molecular formula is C26H30N2O5S. The number of amides is 2. The van der Waals surface area contributed by atoms with Gasteiger partial charge in [-0.1, -0.05) is 54.6 Å². The third kappa shape index (κ3) is 3.86. The summed E-state index contributed by atoms with van der Waals surface area (Å²) in [7, 11) is 0.